The molecule has 0 fully saturated rings. The molecule has 21 heavy (non-hydrogen) atoms. The first kappa shape index (κ1) is 14.9. The lowest BCUT2D eigenvalue weighted by atomic mass is 10.1. The number of benzene rings is 2. The molecule has 0 aliphatic carbocycles. The Bertz CT molecular complexity index is 584. The van der Waals surface area contributed by atoms with Crippen molar-refractivity contribution in [1.29, 1.82) is 0 Å². The van der Waals surface area contributed by atoms with Gasteiger partial charge in [0.15, 0.2) is 0 Å². The van der Waals surface area contributed by atoms with E-state index in [1.54, 1.807) is 7.11 Å². The first-order chi connectivity index (χ1) is 10.2. The normalized spacial score (nSPS) is 11.5. The second-order valence-corrected chi connectivity index (χ2v) is 4.66. The molecule has 0 unspecified atom stereocenters. The lowest BCUT2D eigenvalue weighted by molar-refractivity contribution is -0.116. The summed E-state index contributed by atoms with van der Waals surface area (Å²) in [6, 6.07) is 16.7. The average molecular weight is 284 g/mol. The fraction of sp³-hybridized carbons (Fsp3) is 0.235. The van der Waals surface area contributed by atoms with E-state index in [1.807, 2.05) is 61.5 Å². The van der Waals surface area contributed by atoms with E-state index >= 15 is 0 Å². The number of amides is 1. The number of rotatable bonds is 6. The summed E-state index contributed by atoms with van der Waals surface area (Å²) in [6.07, 6.45) is 0.677. The van der Waals surface area contributed by atoms with Gasteiger partial charge in [0.2, 0.25) is 5.91 Å². The second-order valence-electron chi connectivity index (χ2n) is 4.66. The molecule has 4 nitrogen and oxygen atoms in total. The van der Waals surface area contributed by atoms with Gasteiger partial charge in [0, 0.05) is 5.69 Å². The van der Waals surface area contributed by atoms with Crippen LogP contribution >= 0.6 is 0 Å². The van der Waals surface area contributed by atoms with Gasteiger partial charge in [-0.15, -0.1) is 0 Å². The smallest absolute Gasteiger partial charge is 0.246 e. The predicted octanol–water partition coefficient (Wildman–Crippen LogP) is 3.52. The molecule has 0 bridgehead atoms. The Labute approximate surface area is 125 Å². The minimum Gasteiger partial charge on any atom is -0.495 e. The van der Waals surface area contributed by atoms with Crippen LogP contribution in [0.3, 0.4) is 0 Å². The Morgan fingerprint density at radius 1 is 1.10 bits per heavy atom. The second kappa shape index (κ2) is 7.33. The van der Waals surface area contributed by atoms with Crippen LogP contribution in [0.15, 0.2) is 54.6 Å². The van der Waals surface area contributed by atoms with Crippen molar-refractivity contribution in [2.24, 2.45) is 0 Å². The molecule has 1 atom stereocenters. The molecule has 2 N–H and O–H groups in total. The van der Waals surface area contributed by atoms with Crippen molar-refractivity contribution >= 4 is 17.3 Å². The van der Waals surface area contributed by atoms with Gasteiger partial charge < -0.3 is 15.4 Å². The molecule has 110 valence electrons. The van der Waals surface area contributed by atoms with E-state index in [0.29, 0.717) is 6.42 Å². The molecule has 1 amide bonds. The Balaban J connectivity index is 2.07. The maximum Gasteiger partial charge on any atom is 0.246 e. The van der Waals surface area contributed by atoms with Crippen LogP contribution in [-0.2, 0) is 4.79 Å². The zero-order chi connectivity index (χ0) is 15.1. The summed E-state index contributed by atoms with van der Waals surface area (Å²) in [5, 5.41) is 6.14. The van der Waals surface area contributed by atoms with Gasteiger partial charge >= 0.3 is 0 Å². The molecular formula is C17H20N2O2. The maximum absolute atomic E-state index is 12.3. The molecule has 0 radical (unpaired) electrons. The van der Waals surface area contributed by atoms with Gasteiger partial charge in [-0.2, -0.15) is 0 Å². The standard InChI is InChI=1S/C17H20N2O2/c1-3-14(17(20)18-13-9-5-4-6-10-13)19-15-11-7-8-12-16(15)21-2/h4-12,14,19H,3H2,1-2H3,(H,18,20)/t14-/m1/s1. The fourth-order valence-electron chi connectivity index (χ4n) is 2.06. The Hall–Kier alpha value is -2.49. The lowest BCUT2D eigenvalue weighted by Gasteiger charge is -2.19. The molecule has 2 rings (SSSR count). The highest BCUT2D eigenvalue weighted by atomic mass is 16.5. The lowest BCUT2D eigenvalue weighted by Crippen LogP contribution is -2.34. The third kappa shape index (κ3) is 3.99. The highest BCUT2D eigenvalue weighted by Crippen LogP contribution is 2.24. The van der Waals surface area contributed by atoms with Crippen LogP contribution in [0.25, 0.3) is 0 Å². The van der Waals surface area contributed by atoms with Crippen LogP contribution in [0.4, 0.5) is 11.4 Å². The number of hydrogen-bond donors (Lipinski definition) is 2. The Kier molecular flexibility index (Phi) is 5.21. The van der Waals surface area contributed by atoms with Crippen LogP contribution in [0, 0.1) is 0 Å². The average Bonchev–Trinajstić information content (AvgIpc) is 2.53. The number of ether oxygens (including phenoxy) is 1. The molecule has 2 aromatic carbocycles. The number of nitrogens with one attached hydrogen (secondary N) is 2. The topological polar surface area (TPSA) is 50.4 Å². The van der Waals surface area contributed by atoms with Gasteiger partial charge in [-0.25, -0.2) is 0 Å². The molecule has 0 aliphatic rings. The quantitative estimate of drug-likeness (QED) is 0.853. The summed E-state index contributed by atoms with van der Waals surface area (Å²) >= 11 is 0. The SMILES string of the molecule is CC[C@@H](Nc1ccccc1OC)C(=O)Nc1ccccc1. The van der Waals surface area contributed by atoms with Crippen molar-refractivity contribution in [3.05, 3.63) is 54.6 Å². The van der Waals surface area contributed by atoms with Gasteiger partial charge in [-0.3, -0.25) is 4.79 Å². The van der Waals surface area contributed by atoms with E-state index in [2.05, 4.69) is 10.6 Å². The minimum atomic E-state index is -0.318. The highest BCUT2D eigenvalue weighted by molar-refractivity contribution is 5.96. The molecule has 0 saturated heterocycles. The van der Waals surface area contributed by atoms with E-state index < -0.39 is 0 Å². The first-order valence-electron chi connectivity index (χ1n) is 7.00. The van der Waals surface area contributed by atoms with E-state index in [-0.39, 0.29) is 11.9 Å². The number of anilines is 2. The molecular weight excluding hydrogens is 264 g/mol. The third-order valence-corrected chi connectivity index (χ3v) is 3.20. The van der Waals surface area contributed by atoms with Gasteiger partial charge in [-0.1, -0.05) is 37.3 Å². The van der Waals surface area contributed by atoms with E-state index in [1.165, 1.54) is 0 Å². The number of carbonyl (C=O) groups excluding carboxylic acids is 1. The van der Waals surface area contributed by atoms with Crippen molar-refractivity contribution in [1.82, 2.24) is 0 Å². The van der Waals surface area contributed by atoms with E-state index in [0.717, 1.165) is 17.1 Å². The number of methoxy groups -OCH3 is 1. The highest BCUT2D eigenvalue weighted by Gasteiger charge is 2.17. The van der Waals surface area contributed by atoms with Crippen molar-refractivity contribution in [3.8, 4) is 5.75 Å². The zero-order valence-corrected chi connectivity index (χ0v) is 12.3. The van der Waals surface area contributed by atoms with Crippen LogP contribution in [-0.4, -0.2) is 19.1 Å². The summed E-state index contributed by atoms with van der Waals surface area (Å²) in [5.41, 5.74) is 1.61. The molecule has 4 heteroatoms. The molecule has 0 spiro atoms. The van der Waals surface area contributed by atoms with Gasteiger partial charge in [-0.05, 0) is 30.7 Å². The number of hydrogen-bond acceptors (Lipinski definition) is 3. The molecule has 2 aromatic rings. The van der Waals surface area contributed by atoms with E-state index in [9.17, 15) is 4.79 Å². The minimum absolute atomic E-state index is 0.0605. The summed E-state index contributed by atoms with van der Waals surface area (Å²) < 4.78 is 5.29. The van der Waals surface area contributed by atoms with Crippen molar-refractivity contribution in [2.45, 2.75) is 19.4 Å². The van der Waals surface area contributed by atoms with Gasteiger partial charge in [0.05, 0.1) is 12.8 Å². The van der Waals surface area contributed by atoms with Gasteiger partial charge in [0.1, 0.15) is 11.8 Å². The Morgan fingerprint density at radius 3 is 2.43 bits per heavy atom. The van der Waals surface area contributed by atoms with E-state index in [4.69, 9.17) is 4.74 Å². The third-order valence-electron chi connectivity index (χ3n) is 3.20. The van der Waals surface area contributed by atoms with Crippen LogP contribution in [0.5, 0.6) is 5.75 Å². The van der Waals surface area contributed by atoms with Gasteiger partial charge in [0.25, 0.3) is 0 Å². The monoisotopic (exact) mass is 284 g/mol. The first-order valence-corrected chi connectivity index (χ1v) is 7.00. The molecule has 0 saturated carbocycles. The fourth-order valence-corrected chi connectivity index (χ4v) is 2.06. The summed E-state index contributed by atoms with van der Waals surface area (Å²) in [7, 11) is 1.62. The summed E-state index contributed by atoms with van der Waals surface area (Å²) in [4.78, 5) is 12.3. The number of para-hydroxylation sites is 3. The molecule has 0 heterocycles. The largest absolute Gasteiger partial charge is 0.495 e. The maximum atomic E-state index is 12.3. The van der Waals surface area contributed by atoms with Crippen molar-refractivity contribution in [2.75, 3.05) is 17.7 Å². The van der Waals surface area contributed by atoms with Crippen LogP contribution < -0.4 is 15.4 Å². The molecule has 0 aliphatic heterocycles. The predicted molar refractivity (Wildman–Crippen MR) is 85.8 cm³/mol. The zero-order valence-electron chi connectivity index (χ0n) is 12.3. The van der Waals surface area contributed by atoms with Crippen LogP contribution in [0.1, 0.15) is 13.3 Å². The number of carbonyl (C=O) groups is 1. The summed E-state index contributed by atoms with van der Waals surface area (Å²) in [5.74, 6) is 0.665. The Morgan fingerprint density at radius 2 is 1.76 bits per heavy atom. The van der Waals surface area contributed by atoms with Crippen molar-refractivity contribution < 1.29 is 9.53 Å². The van der Waals surface area contributed by atoms with Crippen LogP contribution in [0.2, 0.25) is 0 Å². The van der Waals surface area contributed by atoms with Crippen molar-refractivity contribution in [3.63, 3.8) is 0 Å². The summed E-state index contributed by atoms with van der Waals surface area (Å²) in [6.45, 7) is 1.97. The molecule has 0 aromatic heterocycles.